The molecule has 2 heteroatoms. The molecule has 2 saturated carbocycles. The fourth-order valence-corrected chi connectivity index (χ4v) is 4.45. The molecule has 3 atom stereocenters. The van der Waals surface area contributed by atoms with Gasteiger partial charge in [-0.3, -0.25) is 4.79 Å². The third kappa shape index (κ3) is 0.604. The zero-order chi connectivity index (χ0) is 9.39. The molecule has 76 valence electrons. The molecule has 0 aromatic heterocycles. The number of rotatable bonds is 0. The Morgan fingerprint density at radius 3 is 2.86 bits per heavy atom. The Morgan fingerprint density at radius 1 is 1.21 bits per heavy atom. The largest absolute Gasteiger partial charge is 0.363 e. The predicted octanol–water partition coefficient (Wildman–Crippen LogP) is 2.07. The van der Waals surface area contributed by atoms with Crippen LogP contribution in [0.25, 0.3) is 0 Å². The van der Waals surface area contributed by atoms with Crippen LogP contribution in [0.2, 0.25) is 0 Å². The number of hydrogen-bond acceptors (Lipinski definition) is 2. The summed E-state index contributed by atoms with van der Waals surface area (Å²) < 4.78 is 6.10. The Balaban J connectivity index is 1.85. The fraction of sp³-hybridized carbons (Fsp3) is 0.917. The lowest BCUT2D eigenvalue weighted by Crippen LogP contribution is -2.48. The van der Waals surface area contributed by atoms with Gasteiger partial charge in [-0.1, -0.05) is 12.8 Å². The second kappa shape index (κ2) is 2.08. The van der Waals surface area contributed by atoms with Crippen molar-refractivity contribution < 1.29 is 9.53 Å². The maximum Gasteiger partial charge on any atom is 0.170 e. The van der Waals surface area contributed by atoms with Gasteiger partial charge in [0.25, 0.3) is 0 Å². The second-order valence-corrected chi connectivity index (χ2v) is 5.62. The molecule has 4 aliphatic rings. The number of hydrogen-bond donors (Lipinski definition) is 0. The number of Topliss-reactive ketones (excluding diaryl/α,β-unsaturated/α-hetero) is 1. The molecule has 2 bridgehead atoms. The van der Waals surface area contributed by atoms with Gasteiger partial charge in [0, 0.05) is 0 Å². The minimum atomic E-state index is 0.000556. The second-order valence-electron chi connectivity index (χ2n) is 5.62. The molecule has 0 radical (unpaired) electrons. The molecular formula is C12H16O2. The third-order valence-corrected chi connectivity index (χ3v) is 5.19. The van der Waals surface area contributed by atoms with E-state index in [0.717, 1.165) is 25.2 Å². The van der Waals surface area contributed by atoms with Crippen LogP contribution in [0.15, 0.2) is 0 Å². The summed E-state index contributed by atoms with van der Waals surface area (Å²) in [5, 5.41) is 0. The molecule has 2 saturated heterocycles. The average molecular weight is 192 g/mol. The molecular weight excluding hydrogens is 176 g/mol. The van der Waals surface area contributed by atoms with Crippen LogP contribution in [0.4, 0.5) is 0 Å². The van der Waals surface area contributed by atoms with Gasteiger partial charge in [0.1, 0.15) is 6.10 Å². The number of carbonyl (C=O) groups excluding carboxylic acids is 1. The molecule has 2 heterocycles. The first-order valence-electron chi connectivity index (χ1n) is 6.01. The van der Waals surface area contributed by atoms with Gasteiger partial charge in [-0.15, -0.1) is 0 Å². The lowest BCUT2D eigenvalue weighted by atomic mass is 9.62. The first-order chi connectivity index (χ1) is 6.79. The number of fused-ring (bicyclic) bond motifs is 1. The summed E-state index contributed by atoms with van der Waals surface area (Å²) in [5.41, 5.74) is 0.0635. The minimum absolute atomic E-state index is 0.000556. The summed E-state index contributed by atoms with van der Waals surface area (Å²) in [5.74, 6) is 1.19. The highest BCUT2D eigenvalue weighted by molar-refractivity contribution is 5.96. The Morgan fingerprint density at radius 2 is 2.07 bits per heavy atom. The van der Waals surface area contributed by atoms with E-state index in [4.69, 9.17) is 4.74 Å². The van der Waals surface area contributed by atoms with Gasteiger partial charge in [0.2, 0.25) is 0 Å². The van der Waals surface area contributed by atoms with E-state index in [-0.39, 0.29) is 17.1 Å². The summed E-state index contributed by atoms with van der Waals surface area (Å²) in [4.78, 5) is 12.1. The van der Waals surface area contributed by atoms with E-state index in [1.807, 2.05) is 0 Å². The van der Waals surface area contributed by atoms with Crippen molar-refractivity contribution in [2.45, 2.75) is 56.7 Å². The molecule has 14 heavy (non-hydrogen) atoms. The first kappa shape index (κ1) is 7.86. The molecule has 0 amide bonds. The van der Waals surface area contributed by atoms with Crippen molar-refractivity contribution in [3.05, 3.63) is 0 Å². The quantitative estimate of drug-likeness (QED) is 0.587. The van der Waals surface area contributed by atoms with Crippen molar-refractivity contribution in [2.24, 2.45) is 11.3 Å². The van der Waals surface area contributed by atoms with E-state index < -0.39 is 0 Å². The normalized spacial score (nSPS) is 52.4. The van der Waals surface area contributed by atoms with Crippen LogP contribution < -0.4 is 0 Å². The smallest absolute Gasteiger partial charge is 0.170 e. The van der Waals surface area contributed by atoms with E-state index in [0.29, 0.717) is 5.78 Å². The molecule has 0 aromatic rings. The van der Waals surface area contributed by atoms with Crippen molar-refractivity contribution in [1.29, 1.82) is 0 Å². The molecule has 4 rings (SSSR count). The maximum absolute atomic E-state index is 12.1. The summed E-state index contributed by atoms with van der Waals surface area (Å²) in [6, 6.07) is 0. The lowest BCUT2D eigenvalue weighted by Gasteiger charge is -2.42. The standard InChI is InChI=1S/C12H16O2/c13-10-9-7-8-3-1-2-4-12(8,14-9)11(10)5-6-11/h8-9H,1-7H2/t8-,9+,12-/m0/s1. The third-order valence-electron chi connectivity index (χ3n) is 5.19. The van der Waals surface area contributed by atoms with Gasteiger partial charge in [-0.05, 0) is 38.0 Å². The number of ketones is 1. The highest BCUT2D eigenvalue weighted by atomic mass is 16.5. The van der Waals surface area contributed by atoms with E-state index in [9.17, 15) is 4.79 Å². The number of ether oxygens (including phenoxy) is 1. The Hall–Kier alpha value is -0.370. The maximum atomic E-state index is 12.1. The molecule has 0 unspecified atom stereocenters. The monoisotopic (exact) mass is 192 g/mol. The van der Waals surface area contributed by atoms with Crippen molar-refractivity contribution in [3.8, 4) is 0 Å². The summed E-state index contributed by atoms with van der Waals surface area (Å²) in [6.45, 7) is 0. The first-order valence-corrected chi connectivity index (χ1v) is 6.01. The van der Waals surface area contributed by atoms with Crippen LogP contribution in [0.3, 0.4) is 0 Å². The fourth-order valence-electron chi connectivity index (χ4n) is 4.45. The summed E-state index contributed by atoms with van der Waals surface area (Å²) in [7, 11) is 0. The van der Waals surface area contributed by atoms with Crippen LogP contribution in [-0.4, -0.2) is 17.5 Å². The SMILES string of the molecule is O=C1[C@H]2C[C@@H]3CCCC[C@@]3(O2)C12CC2. The zero-order valence-corrected chi connectivity index (χ0v) is 8.42. The van der Waals surface area contributed by atoms with Gasteiger partial charge in [0.05, 0.1) is 11.0 Å². The van der Waals surface area contributed by atoms with Crippen molar-refractivity contribution in [2.75, 3.05) is 0 Å². The van der Waals surface area contributed by atoms with Crippen LogP contribution >= 0.6 is 0 Å². The molecule has 4 fully saturated rings. The molecule has 2 nitrogen and oxygen atoms in total. The van der Waals surface area contributed by atoms with Gasteiger partial charge in [-0.25, -0.2) is 0 Å². The van der Waals surface area contributed by atoms with Crippen molar-refractivity contribution in [3.63, 3.8) is 0 Å². The Kier molecular flexibility index (Phi) is 1.17. The lowest BCUT2D eigenvalue weighted by molar-refractivity contribution is -0.127. The summed E-state index contributed by atoms with van der Waals surface area (Å²) in [6.07, 6.45) is 8.40. The Labute approximate surface area is 84.0 Å². The Bertz CT molecular complexity index is 318. The van der Waals surface area contributed by atoms with Crippen molar-refractivity contribution >= 4 is 5.78 Å². The van der Waals surface area contributed by atoms with Crippen LogP contribution in [0.1, 0.15) is 44.9 Å². The van der Waals surface area contributed by atoms with E-state index in [1.54, 1.807) is 0 Å². The minimum Gasteiger partial charge on any atom is -0.363 e. The highest BCUT2D eigenvalue weighted by Crippen LogP contribution is 2.71. The average Bonchev–Trinajstić information content (AvgIpc) is 2.86. The van der Waals surface area contributed by atoms with Crippen LogP contribution in [-0.2, 0) is 9.53 Å². The van der Waals surface area contributed by atoms with Crippen molar-refractivity contribution in [1.82, 2.24) is 0 Å². The topological polar surface area (TPSA) is 26.3 Å². The molecule has 0 N–H and O–H groups in total. The molecule has 0 aromatic carbocycles. The van der Waals surface area contributed by atoms with Gasteiger partial charge in [-0.2, -0.15) is 0 Å². The highest BCUT2D eigenvalue weighted by Gasteiger charge is 2.77. The van der Waals surface area contributed by atoms with Gasteiger partial charge in [0.15, 0.2) is 5.78 Å². The molecule has 2 aliphatic heterocycles. The summed E-state index contributed by atoms with van der Waals surface area (Å²) >= 11 is 0. The predicted molar refractivity (Wildman–Crippen MR) is 50.9 cm³/mol. The number of carbonyl (C=O) groups is 1. The molecule has 2 spiro atoms. The van der Waals surface area contributed by atoms with Crippen LogP contribution in [0.5, 0.6) is 0 Å². The van der Waals surface area contributed by atoms with E-state index in [2.05, 4.69) is 0 Å². The van der Waals surface area contributed by atoms with E-state index in [1.165, 1.54) is 25.7 Å². The van der Waals surface area contributed by atoms with Gasteiger partial charge >= 0.3 is 0 Å². The van der Waals surface area contributed by atoms with Gasteiger partial charge < -0.3 is 4.74 Å². The van der Waals surface area contributed by atoms with E-state index >= 15 is 0 Å². The van der Waals surface area contributed by atoms with Crippen LogP contribution in [0, 0.1) is 11.3 Å². The zero-order valence-electron chi connectivity index (χ0n) is 8.42. The molecule has 2 aliphatic carbocycles.